The van der Waals surface area contributed by atoms with Crippen molar-refractivity contribution in [3.05, 3.63) is 77.7 Å². The Kier molecular flexibility index (Phi) is 7.64. The number of aromatic nitrogens is 1. The van der Waals surface area contributed by atoms with Crippen molar-refractivity contribution in [3.8, 4) is 23.1 Å². The predicted octanol–water partition coefficient (Wildman–Crippen LogP) is 3.90. The first kappa shape index (κ1) is 21.9. The van der Waals surface area contributed by atoms with E-state index in [1.807, 2.05) is 24.3 Å². The van der Waals surface area contributed by atoms with Gasteiger partial charge in [0.2, 0.25) is 5.88 Å². The number of aliphatic imine (C=N–C) groups is 1. The third-order valence-corrected chi connectivity index (χ3v) is 4.43. The molecular formula is C23H25FN4O3. The first-order valence-electron chi connectivity index (χ1n) is 9.65. The van der Waals surface area contributed by atoms with Crippen molar-refractivity contribution in [2.75, 3.05) is 21.3 Å². The van der Waals surface area contributed by atoms with Crippen LogP contribution in [0.4, 0.5) is 4.39 Å². The monoisotopic (exact) mass is 424 g/mol. The van der Waals surface area contributed by atoms with E-state index in [1.165, 1.54) is 12.1 Å². The molecule has 2 aromatic carbocycles. The van der Waals surface area contributed by atoms with Crippen LogP contribution in [0.3, 0.4) is 0 Å². The molecule has 0 fully saturated rings. The number of benzene rings is 2. The second-order valence-electron chi connectivity index (χ2n) is 6.53. The van der Waals surface area contributed by atoms with Gasteiger partial charge in [-0.3, -0.25) is 4.99 Å². The molecule has 3 aromatic rings. The Morgan fingerprint density at radius 2 is 1.58 bits per heavy atom. The van der Waals surface area contributed by atoms with Gasteiger partial charge in [-0.15, -0.1) is 0 Å². The summed E-state index contributed by atoms with van der Waals surface area (Å²) in [5.74, 6) is 2.68. The molecule has 0 aliphatic carbocycles. The summed E-state index contributed by atoms with van der Waals surface area (Å²) in [5, 5.41) is 6.50. The number of ether oxygens (including phenoxy) is 3. The second-order valence-corrected chi connectivity index (χ2v) is 6.53. The highest BCUT2D eigenvalue weighted by molar-refractivity contribution is 5.79. The van der Waals surface area contributed by atoms with E-state index in [0.29, 0.717) is 42.2 Å². The van der Waals surface area contributed by atoms with E-state index in [-0.39, 0.29) is 5.82 Å². The minimum absolute atomic E-state index is 0.310. The highest BCUT2D eigenvalue weighted by Gasteiger charge is 2.06. The summed E-state index contributed by atoms with van der Waals surface area (Å²) in [5.41, 5.74) is 1.99. The molecule has 2 N–H and O–H groups in total. The van der Waals surface area contributed by atoms with Gasteiger partial charge in [0, 0.05) is 32.4 Å². The number of nitrogens with zero attached hydrogens (tertiary/aromatic N) is 2. The summed E-state index contributed by atoms with van der Waals surface area (Å²) in [7, 11) is 4.93. The number of hydrogen-bond acceptors (Lipinski definition) is 5. The summed E-state index contributed by atoms with van der Waals surface area (Å²) in [4.78, 5) is 8.52. The number of halogens is 1. The molecule has 8 heteroatoms. The number of guanidine groups is 1. The molecule has 162 valence electrons. The van der Waals surface area contributed by atoms with E-state index < -0.39 is 0 Å². The normalized spacial score (nSPS) is 11.0. The smallest absolute Gasteiger partial charge is 0.219 e. The maximum Gasteiger partial charge on any atom is 0.219 e. The largest absolute Gasteiger partial charge is 0.493 e. The third-order valence-electron chi connectivity index (χ3n) is 4.43. The number of pyridine rings is 1. The quantitative estimate of drug-likeness (QED) is 0.422. The predicted molar refractivity (Wildman–Crippen MR) is 117 cm³/mol. The zero-order valence-corrected chi connectivity index (χ0v) is 17.7. The maximum absolute atomic E-state index is 13.0. The Morgan fingerprint density at radius 1 is 0.903 bits per heavy atom. The Morgan fingerprint density at radius 3 is 2.19 bits per heavy atom. The fourth-order valence-electron chi connectivity index (χ4n) is 2.78. The van der Waals surface area contributed by atoms with Crippen molar-refractivity contribution in [1.29, 1.82) is 0 Å². The van der Waals surface area contributed by atoms with Crippen LogP contribution in [-0.4, -0.2) is 32.2 Å². The SMILES string of the molecule is CN=C(NCc1ccc(Oc2ccc(F)cc2)nc1)NCc1ccc(OC)c(OC)c1. The van der Waals surface area contributed by atoms with E-state index >= 15 is 0 Å². The Bertz CT molecular complexity index is 1010. The number of methoxy groups -OCH3 is 2. The fraction of sp³-hybridized carbons (Fsp3) is 0.217. The number of rotatable bonds is 8. The standard InChI is InChI=1S/C23H25FN4O3/c1-25-23(27-13-16-4-10-20(29-2)21(12-16)30-3)28-15-17-5-11-22(26-14-17)31-19-8-6-18(24)7-9-19/h4-12,14H,13,15H2,1-3H3,(H2,25,27,28). The van der Waals surface area contributed by atoms with Crippen LogP contribution < -0.4 is 24.8 Å². The molecular weight excluding hydrogens is 399 g/mol. The lowest BCUT2D eigenvalue weighted by Gasteiger charge is -2.13. The van der Waals surface area contributed by atoms with Crippen LogP contribution >= 0.6 is 0 Å². The molecule has 0 amide bonds. The highest BCUT2D eigenvalue weighted by Crippen LogP contribution is 2.27. The minimum atomic E-state index is -0.310. The topological polar surface area (TPSA) is 77.0 Å². The Hall–Kier alpha value is -3.81. The molecule has 0 spiro atoms. The van der Waals surface area contributed by atoms with Crippen molar-refractivity contribution in [2.45, 2.75) is 13.1 Å². The van der Waals surface area contributed by atoms with Gasteiger partial charge in [0.25, 0.3) is 0 Å². The minimum Gasteiger partial charge on any atom is -0.493 e. The highest BCUT2D eigenvalue weighted by atomic mass is 19.1. The van der Waals surface area contributed by atoms with Gasteiger partial charge in [-0.2, -0.15) is 0 Å². The second kappa shape index (κ2) is 10.8. The molecule has 1 heterocycles. The molecule has 3 rings (SSSR count). The molecule has 7 nitrogen and oxygen atoms in total. The van der Waals surface area contributed by atoms with Gasteiger partial charge < -0.3 is 24.8 Å². The average Bonchev–Trinajstić information content (AvgIpc) is 2.81. The molecule has 1 aromatic heterocycles. The molecule has 31 heavy (non-hydrogen) atoms. The third kappa shape index (κ3) is 6.33. The average molecular weight is 424 g/mol. The lowest BCUT2D eigenvalue weighted by Crippen LogP contribution is -2.36. The van der Waals surface area contributed by atoms with Crippen molar-refractivity contribution in [2.24, 2.45) is 4.99 Å². The van der Waals surface area contributed by atoms with Crippen LogP contribution in [0.1, 0.15) is 11.1 Å². The molecule has 0 aliphatic rings. The van der Waals surface area contributed by atoms with E-state index in [2.05, 4.69) is 20.6 Å². The summed E-state index contributed by atoms with van der Waals surface area (Å²) < 4.78 is 29.2. The molecule has 0 saturated carbocycles. The van der Waals surface area contributed by atoms with E-state index in [0.717, 1.165) is 11.1 Å². The maximum atomic E-state index is 13.0. The van der Waals surface area contributed by atoms with E-state index in [9.17, 15) is 4.39 Å². The van der Waals surface area contributed by atoms with E-state index in [1.54, 1.807) is 45.7 Å². The van der Waals surface area contributed by atoms with Crippen LogP contribution in [0, 0.1) is 5.82 Å². The van der Waals surface area contributed by atoms with Crippen LogP contribution in [0.25, 0.3) is 0 Å². The van der Waals surface area contributed by atoms with E-state index in [4.69, 9.17) is 14.2 Å². The Balaban J connectivity index is 1.50. The summed E-state index contributed by atoms with van der Waals surface area (Å²) in [6.07, 6.45) is 1.72. The van der Waals surface area contributed by atoms with Crippen molar-refractivity contribution in [1.82, 2.24) is 15.6 Å². The molecule has 0 unspecified atom stereocenters. The van der Waals surface area contributed by atoms with Crippen LogP contribution in [-0.2, 0) is 13.1 Å². The lowest BCUT2D eigenvalue weighted by atomic mass is 10.2. The van der Waals surface area contributed by atoms with Gasteiger partial charge in [0.1, 0.15) is 11.6 Å². The van der Waals surface area contributed by atoms with Gasteiger partial charge in [0.05, 0.1) is 14.2 Å². The molecule has 0 bridgehead atoms. The molecule has 0 aliphatic heterocycles. The number of nitrogens with one attached hydrogen (secondary N) is 2. The summed E-state index contributed by atoms with van der Waals surface area (Å²) >= 11 is 0. The summed E-state index contributed by atoms with van der Waals surface area (Å²) in [6.45, 7) is 1.11. The fourth-order valence-corrected chi connectivity index (χ4v) is 2.78. The Labute approximate surface area is 180 Å². The van der Waals surface area contributed by atoms with Gasteiger partial charge in [-0.25, -0.2) is 9.37 Å². The van der Waals surface area contributed by atoms with Gasteiger partial charge >= 0.3 is 0 Å². The first-order valence-corrected chi connectivity index (χ1v) is 9.65. The van der Waals surface area contributed by atoms with Crippen molar-refractivity contribution in [3.63, 3.8) is 0 Å². The van der Waals surface area contributed by atoms with Gasteiger partial charge in [0.15, 0.2) is 17.5 Å². The molecule has 0 radical (unpaired) electrons. The zero-order valence-electron chi connectivity index (χ0n) is 17.7. The van der Waals surface area contributed by atoms with Crippen LogP contribution in [0.15, 0.2) is 65.8 Å². The lowest BCUT2D eigenvalue weighted by molar-refractivity contribution is 0.354. The van der Waals surface area contributed by atoms with Crippen LogP contribution in [0.2, 0.25) is 0 Å². The van der Waals surface area contributed by atoms with Gasteiger partial charge in [-0.1, -0.05) is 12.1 Å². The zero-order chi connectivity index (χ0) is 22.1. The summed E-state index contributed by atoms with van der Waals surface area (Å²) in [6, 6.07) is 15.2. The van der Waals surface area contributed by atoms with Crippen molar-refractivity contribution < 1.29 is 18.6 Å². The van der Waals surface area contributed by atoms with Gasteiger partial charge in [-0.05, 0) is 47.5 Å². The molecule has 0 saturated heterocycles. The van der Waals surface area contributed by atoms with Crippen molar-refractivity contribution >= 4 is 5.96 Å². The molecule has 0 atom stereocenters. The van der Waals surface area contributed by atoms with Crippen LogP contribution in [0.5, 0.6) is 23.1 Å². The number of hydrogen-bond donors (Lipinski definition) is 2. The first-order chi connectivity index (χ1) is 15.1.